The number of anilines is 1. The summed E-state index contributed by atoms with van der Waals surface area (Å²) in [6, 6.07) is 11.5. The maximum Gasteiger partial charge on any atom is 0.245 e. The Kier molecular flexibility index (Phi) is 4.23. The van der Waals surface area contributed by atoms with Crippen LogP contribution in [-0.4, -0.2) is 28.2 Å². The number of hydrogen-bond acceptors (Lipinski definition) is 6. The molecule has 0 bridgehead atoms. The zero-order chi connectivity index (χ0) is 16.2. The molecule has 0 spiro atoms. The van der Waals surface area contributed by atoms with Gasteiger partial charge < -0.3 is 15.2 Å². The maximum atomic E-state index is 5.72. The standard InChI is InChI=1S/C17H18N4O2/c1-3-22-14-8-6-5-7-11(14)12-9-10-13-15(19-12)16(23-4-2)21-17(18)20-13/h5-10H,3-4H2,1-2H3,(H2,18,20,21). The molecule has 0 radical (unpaired) electrons. The van der Waals surface area contributed by atoms with E-state index in [1.54, 1.807) is 0 Å². The van der Waals surface area contributed by atoms with Crippen molar-refractivity contribution < 1.29 is 9.47 Å². The van der Waals surface area contributed by atoms with Gasteiger partial charge in [0, 0.05) is 5.56 Å². The van der Waals surface area contributed by atoms with Crippen LogP contribution in [0, 0.1) is 0 Å². The summed E-state index contributed by atoms with van der Waals surface area (Å²) in [5.74, 6) is 1.35. The topological polar surface area (TPSA) is 83.2 Å². The monoisotopic (exact) mass is 310 g/mol. The zero-order valence-electron chi connectivity index (χ0n) is 13.1. The number of rotatable bonds is 5. The Morgan fingerprint density at radius 2 is 1.70 bits per heavy atom. The van der Waals surface area contributed by atoms with Crippen molar-refractivity contribution >= 4 is 17.0 Å². The van der Waals surface area contributed by atoms with Gasteiger partial charge >= 0.3 is 0 Å². The maximum absolute atomic E-state index is 5.72. The molecule has 118 valence electrons. The Bertz CT molecular complexity index is 836. The van der Waals surface area contributed by atoms with E-state index in [1.807, 2.05) is 50.2 Å². The number of benzene rings is 1. The van der Waals surface area contributed by atoms with Gasteiger partial charge in [0.1, 0.15) is 5.75 Å². The van der Waals surface area contributed by atoms with E-state index in [1.165, 1.54) is 0 Å². The average Bonchev–Trinajstić information content (AvgIpc) is 2.56. The molecule has 0 saturated heterocycles. The molecule has 0 aliphatic carbocycles. The normalized spacial score (nSPS) is 10.7. The van der Waals surface area contributed by atoms with Crippen LogP contribution in [-0.2, 0) is 0 Å². The number of hydrogen-bond donors (Lipinski definition) is 1. The summed E-state index contributed by atoms with van der Waals surface area (Å²) in [6.45, 7) is 4.91. The first kappa shape index (κ1) is 15.0. The second kappa shape index (κ2) is 6.48. The first-order chi connectivity index (χ1) is 11.2. The molecule has 0 fully saturated rings. The van der Waals surface area contributed by atoms with E-state index in [9.17, 15) is 0 Å². The number of pyridine rings is 1. The van der Waals surface area contributed by atoms with Crippen molar-refractivity contribution in [1.29, 1.82) is 0 Å². The SMILES string of the molecule is CCOc1ccccc1-c1ccc2nc(N)nc(OCC)c2n1. The number of nitrogens with zero attached hydrogens (tertiary/aromatic N) is 3. The molecule has 0 unspecified atom stereocenters. The van der Waals surface area contributed by atoms with Gasteiger partial charge in [-0.05, 0) is 38.1 Å². The van der Waals surface area contributed by atoms with E-state index in [-0.39, 0.29) is 5.95 Å². The first-order valence-corrected chi connectivity index (χ1v) is 7.52. The van der Waals surface area contributed by atoms with Crippen LogP contribution in [0.3, 0.4) is 0 Å². The molecule has 2 N–H and O–H groups in total. The predicted molar refractivity (Wildman–Crippen MR) is 89.5 cm³/mol. The molecule has 0 saturated carbocycles. The number of ether oxygens (including phenoxy) is 2. The van der Waals surface area contributed by atoms with Crippen LogP contribution < -0.4 is 15.2 Å². The average molecular weight is 310 g/mol. The summed E-state index contributed by atoms with van der Waals surface area (Å²) >= 11 is 0. The minimum atomic E-state index is 0.171. The van der Waals surface area contributed by atoms with Crippen LogP contribution in [0.5, 0.6) is 11.6 Å². The minimum absolute atomic E-state index is 0.171. The van der Waals surface area contributed by atoms with E-state index in [4.69, 9.17) is 15.2 Å². The van der Waals surface area contributed by atoms with Crippen molar-refractivity contribution in [3.8, 4) is 22.9 Å². The Morgan fingerprint density at radius 3 is 2.48 bits per heavy atom. The van der Waals surface area contributed by atoms with E-state index < -0.39 is 0 Å². The van der Waals surface area contributed by atoms with Gasteiger partial charge in [0.05, 0.1) is 24.4 Å². The summed E-state index contributed by atoms with van der Waals surface area (Å²) in [5, 5.41) is 0. The van der Waals surface area contributed by atoms with Gasteiger partial charge in [-0.15, -0.1) is 0 Å². The molecule has 0 aliphatic rings. The second-order valence-corrected chi connectivity index (χ2v) is 4.81. The lowest BCUT2D eigenvalue weighted by molar-refractivity contribution is 0.330. The largest absolute Gasteiger partial charge is 0.493 e. The van der Waals surface area contributed by atoms with E-state index in [0.717, 1.165) is 17.0 Å². The molecular weight excluding hydrogens is 292 g/mol. The summed E-state index contributed by atoms with van der Waals surface area (Å²) < 4.78 is 11.2. The van der Waals surface area contributed by atoms with Gasteiger partial charge in [-0.3, -0.25) is 0 Å². The first-order valence-electron chi connectivity index (χ1n) is 7.52. The lowest BCUT2D eigenvalue weighted by Crippen LogP contribution is -2.03. The minimum Gasteiger partial charge on any atom is -0.493 e. The number of nitrogen functional groups attached to an aromatic ring is 1. The highest BCUT2D eigenvalue weighted by atomic mass is 16.5. The lowest BCUT2D eigenvalue weighted by atomic mass is 10.1. The van der Waals surface area contributed by atoms with Crippen LogP contribution >= 0.6 is 0 Å². The molecule has 2 heterocycles. The Balaban J connectivity index is 2.17. The van der Waals surface area contributed by atoms with Crippen molar-refractivity contribution in [2.75, 3.05) is 18.9 Å². The molecule has 0 amide bonds. The highest BCUT2D eigenvalue weighted by Crippen LogP contribution is 2.31. The number of fused-ring (bicyclic) bond motifs is 1. The smallest absolute Gasteiger partial charge is 0.245 e. The Morgan fingerprint density at radius 1 is 0.913 bits per heavy atom. The van der Waals surface area contributed by atoms with Crippen molar-refractivity contribution in [2.24, 2.45) is 0 Å². The van der Waals surface area contributed by atoms with Crippen molar-refractivity contribution in [3.63, 3.8) is 0 Å². The third-order valence-corrected chi connectivity index (χ3v) is 3.27. The van der Waals surface area contributed by atoms with Crippen molar-refractivity contribution in [2.45, 2.75) is 13.8 Å². The van der Waals surface area contributed by atoms with Crippen LogP contribution in [0.15, 0.2) is 36.4 Å². The molecule has 3 rings (SSSR count). The van der Waals surface area contributed by atoms with Gasteiger partial charge in [-0.2, -0.15) is 4.98 Å². The fourth-order valence-corrected chi connectivity index (χ4v) is 2.35. The third kappa shape index (κ3) is 3.01. The third-order valence-electron chi connectivity index (χ3n) is 3.27. The highest BCUT2D eigenvalue weighted by Gasteiger charge is 2.13. The summed E-state index contributed by atoms with van der Waals surface area (Å²) in [4.78, 5) is 13.0. The molecule has 2 aromatic heterocycles. The van der Waals surface area contributed by atoms with E-state index >= 15 is 0 Å². The molecule has 0 atom stereocenters. The Labute approximate surface area is 134 Å². The van der Waals surface area contributed by atoms with Crippen LogP contribution in [0.25, 0.3) is 22.3 Å². The number of aromatic nitrogens is 3. The summed E-state index contributed by atoms with van der Waals surface area (Å²) in [6.07, 6.45) is 0. The van der Waals surface area contributed by atoms with Gasteiger partial charge in [0.15, 0.2) is 5.52 Å². The predicted octanol–water partition coefficient (Wildman–Crippen LogP) is 3.07. The van der Waals surface area contributed by atoms with Gasteiger partial charge in [0.2, 0.25) is 11.8 Å². The van der Waals surface area contributed by atoms with E-state index in [2.05, 4.69) is 15.0 Å². The second-order valence-electron chi connectivity index (χ2n) is 4.81. The summed E-state index contributed by atoms with van der Waals surface area (Å²) in [7, 11) is 0. The fraction of sp³-hybridized carbons (Fsp3) is 0.235. The van der Waals surface area contributed by atoms with Crippen LogP contribution in [0.1, 0.15) is 13.8 Å². The molecule has 6 heteroatoms. The quantitative estimate of drug-likeness (QED) is 0.779. The number of para-hydroxylation sites is 1. The van der Waals surface area contributed by atoms with Gasteiger partial charge in [-0.1, -0.05) is 12.1 Å². The molecule has 1 aromatic carbocycles. The highest BCUT2D eigenvalue weighted by molar-refractivity contribution is 5.83. The molecule has 6 nitrogen and oxygen atoms in total. The molecule has 3 aromatic rings. The van der Waals surface area contributed by atoms with Crippen LogP contribution in [0.2, 0.25) is 0 Å². The van der Waals surface area contributed by atoms with Crippen molar-refractivity contribution in [1.82, 2.24) is 15.0 Å². The summed E-state index contributed by atoms with van der Waals surface area (Å²) in [5.41, 5.74) is 8.64. The Hall–Kier alpha value is -2.89. The van der Waals surface area contributed by atoms with Crippen LogP contribution in [0.4, 0.5) is 5.95 Å². The van der Waals surface area contributed by atoms with Crippen molar-refractivity contribution in [3.05, 3.63) is 36.4 Å². The fourth-order valence-electron chi connectivity index (χ4n) is 2.35. The van der Waals surface area contributed by atoms with Gasteiger partial charge in [-0.25, -0.2) is 9.97 Å². The zero-order valence-corrected chi connectivity index (χ0v) is 13.1. The van der Waals surface area contributed by atoms with Gasteiger partial charge in [0.25, 0.3) is 0 Å². The number of nitrogens with two attached hydrogens (primary N) is 1. The molecule has 0 aliphatic heterocycles. The van der Waals surface area contributed by atoms with E-state index in [0.29, 0.717) is 30.1 Å². The molecular formula is C17H18N4O2. The molecule has 23 heavy (non-hydrogen) atoms. The lowest BCUT2D eigenvalue weighted by Gasteiger charge is -2.11.